The molecular weight excluding hydrogens is 247 g/mol. The van der Waals surface area contributed by atoms with Gasteiger partial charge in [-0.05, 0) is 31.7 Å². The Hall–Kier alpha value is -1.46. The van der Waals surface area contributed by atoms with E-state index in [0.29, 0.717) is 26.2 Å². The highest BCUT2D eigenvalue weighted by Crippen LogP contribution is 2.15. The first-order valence-corrected chi connectivity index (χ1v) is 6.43. The number of hydrogen-bond donors (Lipinski definition) is 1. The van der Waals surface area contributed by atoms with Gasteiger partial charge in [0.1, 0.15) is 5.82 Å². The van der Waals surface area contributed by atoms with Crippen LogP contribution in [0.25, 0.3) is 0 Å². The summed E-state index contributed by atoms with van der Waals surface area (Å²) in [5, 5.41) is 3.02. The molecule has 5 heteroatoms. The highest BCUT2D eigenvalue weighted by Gasteiger charge is 2.26. The Bertz CT molecular complexity index is 463. The van der Waals surface area contributed by atoms with Gasteiger partial charge in [-0.1, -0.05) is 6.07 Å². The number of nitrogens with one attached hydrogen (secondary N) is 1. The zero-order chi connectivity index (χ0) is 13.8. The van der Waals surface area contributed by atoms with Crippen LogP contribution in [0.15, 0.2) is 18.2 Å². The number of hydrogen-bond acceptors (Lipinski definition) is 3. The molecule has 1 fully saturated rings. The minimum atomic E-state index is -0.457. The van der Waals surface area contributed by atoms with E-state index in [1.807, 2.05) is 7.05 Å². The standard InChI is InChI=1S/C14H19FN2O2/c1-10-3-4-12(13(15)7-10)14(18)17-5-6-19-11(9-17)8-16-2/h3-4,7,11,16H,5-6,8-9H2,1-2H3. The van der Waals surface area contributed by atoms with Crippen LogP contribution in [-0.4, -0.2) is 50.2 Å². The molecule has 0 bridgehead atoms. The lowest BCUT2D eigenvalue weighted by atomic mass is 10.1. The number of carbonyl (C=O) groups is 1. The van der Waals surface area contributed by atoms with Gasteiger partial charge < -0.3 is 15.0 Å². The average molecular weight is 266 g/mol. The van der Waals surface area contributed by atoms with E-state index >= 15 is 0 Å². The first-order chi connectivity index (χ1) is 9.11. The largest absolute Gasteiger partial charge is 0.373 e. The third-order valence-corrected chi connectivity index (χ3v) is 3.21. The number of halogens is 1. The fourth-order valence-corrected chi connectivity index (χ4v) is 2.22. The minimum Gasteiger partial charge on any atom is -0.373 e. The van der Waals surface area contributed by atoms with Gasteiger partial charge >= 0.3 is 0 Å². The number of benzene rings is 1. The van der Waals surface area contributed by atoms with Gasteiger partial charge in [0.05, 0.1) is 18.3 Å². The van der Waals surface area contributed by atoms with Crippen molar-refractivity contribution < 1.29 is 13.9 Å². The quantitative estimate of drug-likeness (QED) is 0.893. The van der Waals surface area contributed by atoms with E-state index in [1.165, 1.54) is 6.07 Å². The van der Waals surface area contributed by atoms with Crippen molar-refractivity contribution >= 4 is 5.91 Å². The summed E-state index contributed by atoms with van der Waals surface area (Å²) in [6.45, 7) is 3.97. The van der Waals surface area contributed by atoms with Crippen molar-refractivity contribution in [2.45, 2.75) is 13.0 Å². The summed E-state index contributed by atoms with van der Waals surface area (Å²) < 4.78 is 19.3. The number of ether oxygens (including phenoxy) is 1. The second kappa shape index (κ2) is 6.12. The Kier molecular flexibility index (Phi) is 4.50. The molecule has 4 nitrogen and oxygen atoms in total. The second-order valence-electron chi connectivity index (χ2n) is 4.78. The number of likely N-dealkylation sites (N-methyl/N-ethyl adjacent to an activating group) is 1. The molecule has 1 heterocycles. The highest BCUT2D eigenvalue weighted by atomic mass is 19.1. The highest BCUT2D eigenvalue weighted by molar-refractivity contribution is 5.94. The fourth-order valence-electron chi connectivity index (χ4n) is 2.22. The molecule has 1 aliphatic rings. The Balaban J connectivity index is 2.10. The Morgan fingerprint density at radius 1 is 1.58 bits per heavy atom. The van der Waals surface area contributed by atoms with E-state index in [-0.39, 0.29) is 17.6 Å². The van der Waals surface area contributed by atoms with Crippen LogP contribution >= 0.6 is 0 Å². The lowest BCUT2D eigenvalue weighted by Gasteiger charge is -2.33. The van der Waals surface area contributed by atoms with Crippen LogP contribution in [0.5, 0.6) is 0 Å². The maximum absolute atomic E-state index is 13.8. The molecule has 0 spiro atoms. The topological polar surface area (TPSA) is 41.6 Å². The summed E-state index contributed by atoms with van der Waals surface area (Å²) in [7, 11) is 1.84. The van der Waals surface area contributed by atoms with Crippen molar-refractivity contribution in [2.75, 3.05) is 33.3 Å². The van der Waals surface area contributed by atoms with Gasteiger partial charge in [0.15, 0.2) is 0 Å². The molecular formula is C14H19FN2O2. The molecule has 0 aliphatic carbocycles. The second-order valence-corrected chi connectivity index (χ2v) is 4.78. The molecule has 1 aromatic carbocycles. The van der Waals surface area contributed by atoms with E-state index in [2.05, 4.69) is 5.32 Å². The van der Waals surface area contributed by atoms with Crippen molar-refractivity contribution in [3.05, 3.63) is 35.1 Å². The van der Waals surface area contributed by atoms with Crippen LogP contribution in [0.3, 0.4) is 0 Å². The molecule has 19 heavy (non-hydrogen) atoms. The van der Waals surface area contributed by atoms with Crippen LogP contribution in [0.1, 0.15) is 15.9 Å². The van der Waals surface area contributed by atoms with E-state index < -0.39 is 5.82 Å². The molecule has 1 unspecified atom stereocenters. The molecule has 104 valence electrons. The lowest BCUT2D eigenvalue weighted by molar-refractivity contribution is -0.0197. The average Bonchev–Trinajstić information content (AvgIpc) is 2.39. The molecule has 1 aromatic rings. The number of amides is 1. The summed E-state index contributed by atoms with van der Waals surface area (Å²) in [5.74, 6) is -0.719. The first-order valence-electron chi connectivity index (χ1n) is 6.43. The van der Waals surface area contributed by atoms with E-state index in [1.54, 1.807) is 24.0 Å². The molecule has 0 saturated carbocycles. The number of rotatable bonds is 3. The third kappa shape index (κ3) is 3.30. The molecule has 2 rings (SSSR count). The summed E-state index contributed by atoms with van der Waals surface area (Å²) in [5.41, 5.74) is 0.944. The van der Waals surface area contributed by atoms with Gasteiger partial charge in [0.25, 0.3) is 5.91 Å². The maximum atomic E-state index is 13.8. The zero-order valence-electron chi connectivity index (χ0n) is 11.3. The summed E-state index contributed by atoms with van der Waals surface area (Å²) >= 11 is 0. The van der Waals surface area contributed by atoms with Gasteiger partial charge in [-0.15, -0.1) is 0 Å². The molecule has 1 atom stereocenters. The van der Waals surface area contributed by atoms with Gasteiger partial charge in [0.2, 0.25) is 0 Å². The Morgan fingerprint density at radius 2 is 2.37 bits per heavy atom. The van der Waals surface area contributed by atoms with Crippen molar-refractivity contribution in [3.8, 4) is 0 Å². The van der Waals surface area contributed by atoms with Crippen molar-refractivity contribution in [3.63, 3.8) is 0 Å². The summed E-state index contributed by atoms with van der Waals surface area (Å²) in [6, 6.07) is 4.69. The monoisotopic (exact) mass is 266 g/mol. The van der Waals surface area contributed by atoms with Crippen molar-refractivity contribution in [2.24, 2.45) is 0 Å². The summed E-state index contributed by atoms with van der Waals surface area (Å²) in [6.07, 6.45) is -0.0313. The van der Waals surface area contributed by atoms with Gasteiger partial charge in [-0.25, -0.2) is 4.39 Å². The summed E-state index contributed by atoms with van der Waals surface area (Å²) in [4.78, 5) is 13.9. The normalized spacial score (nSPS) is 19.5. The zero-order valence-corrected chi connectivity index (χ0v) is 11.3. The Morgan fingerprint density at radius 3 is 3.05 bits per heavy atom. The fraction of sp³-hybridized carbons (Fsp3) is 0.500. The van der Waals surface area contributed by atoms with Crippen LogP contribution in [0, 0.1) is 12.7 Å². The SMILES string of the molecule is CNCC1CN(C(=O)c2ccc(C)cc2F)CCO1. The minimum absolute atomic E-state index is 0.0313. The number of aryl methyl sites for hydroxylation is 1. The smallest absolute Gasteiger partial charge is 0.256 e. The number of carbonyl (C=O) groups excluding carboxylic acids is 1. The van der Waals surface area contributed by atoms with Gasteiger partial charge in [-0.3, -0.25) is 4.79 Å². The molecule has 1 saturated heterocycles. The van der Waals surface area contributed by atoms with Crippen molar-refractivity contribution in [1.82, 2.24) is 10.2 Å². The van der Waals surface area contributed by atoms with E-state index in [0.717, 1.165) is 5.56 Å². The maximum Gasteiger partial charge on any atom is 0.256 e. The molecule has 1 aliphatic heterocycles. The van der Waals surface area contributed by atoms with E-state index in [4.69, 9.17) is 4.74 Å². The van der Waals surface area contributed by atoms with Gasteiger partial charge in [-0.2, -0.15) is 0 Å². The van der Waals surface area contributed by atoms with Gasteiger partial charge in [0, 0.05) is 19.6 Å². The predicted octanol–water partition coefficient (Wildman–Crippen LogP) is 1.19. The van der Waals surface area contributed by atoms with Crippen molar-refractivity contribution in [1.29, 1.82) is 0 Å². The molecule has 1 N–H and O–H groups in total. The molecule has 0 aromatic heterocycles. The third-order valence-electron chi connectivity index (χ3n) is 3.21. The van der Waals surface area contributed by atoms with Crippen LogP contribution in [-0.2, 0) is 4.74 Å². The molecule has 1 amide bonds. The first kappa shape index (κ1) is 14.0. The number of morpholine rings is 1. The van der Waals surface area contributed by atoms with E-state index in [9.17, 15) is 9.18 Å². The van der Waals surface area contributed by atoms with Crippen LogP contribution in [0.2, 0.25) is 0 Å². The molecule has 0 radical (unpaired) electrons. The number of nitrogens with zero attached hydrogens (tertiary/aromatic N) is 1. The van der Waals surface area contributed by atoms with Crippen LogP contribution < -0.4 is 5.32 Å². The van der Waals surface area contributed by atoms with Crippen LogP contribution in [0.4, 0.5) is 4.39 Å². The predicted molar refractivity (Wildman–Crippen MR) is 70.7 cm³/mol. The Labute approximate surface area is 112 Å². The lowest BCUT2D eigenvalue weighted by Crippen LogP contribution is -2.48.